The highest BCUT2D eigenvalue weighted by Gasteiger charge is 2.15. The summed E-state index contributed by atoms with van der Waals surface area (Å²) in [6.07, 6.45) is 2.58. The highest BCUT2D eigenvalue weighted by Crippen LogP contribution is 2.18. The van der Waals surface area contributed by atoms with Gasteiger partial charge in [-0.15, -0.1) is 0 Å². The maximum Gasteiger partial charge on any atom is 0.251 e. The van der Waals surface area contributed by atoms with Crippen LogP contribution in [0.25, 0.3) is 0 Å². The van der Waals surface area contributed by atoms with Crippen LogP contribution in [-0.2, 0) is 13.1 Å². The molecule has 2 aromatic rings. The second-order valence-corrected chi connectivity index (χ2v) is 6.82. The lowest BCUT2D eigenvalue weighted by atomic mass is 9.99. The summed E-state index contributed by atoms with van der Waals surface area (Å²) in [4.78, 5) is 14.7. The molecule has 0 unspecified atom stereocenters. The highest BCUT2D eigenvalue weighted by molar-refractivity contribution is 5.94. The zero-order valence-corrected chi connectivity index (χ0v) is 14.4. The minimum atomic E-state index is -0.0165. The van der Waals surface area contributed by atoms with Gasteiger partial charge in [0.05, 0.1) is 0 Å². The predicted octanol–water partition coefficient (Wildman–Crippen LogP) is 3.85. The fourth-order valence-electron chi connectivity index (χ4n) is 3.12. The second-order valence-electron chi connectivity index (χ2n) is 6.82. The van der Waals surface area contributed by atoms with Gasteiger partial charge in [-0.05, 0) is 55.1 Å². The quantitative estimate of drug-likeness (QED) is 0.907. The molecule has 1 saturated heterocycles. The van der Waals surface area contributed by atoms with E-state index < -0.39 is 0 Å². The molecule has 0 radical (unpaired) electrons. The molecule has 1 aliphatic heterocycles. The number of nitrogens with one attached hydrogen (secondary N) is 1. The summed E-state index contributed by atoms with van der Waals surface area (Å²) in [5.74, 6) is 0.842. The first kappa shape index (κ1) is 16.7. The summed E-state index contributed by atoms with van der Waals surface area (Å²) in [6.45, 7) is 6.24. The third-order valence-electron chi connectivity index (χ3n) is 4.79. The highest BCUT2D eigenvalue weighted by atomic mass is 16.1. The van der Waals surface area contributed by atoms with Crippen LogP contribution in [0.4, 0.5) is 0 Å². The largest absolute Gasteiger partial charge is 0.348 e. The summed E-state index contributed by atoms with van der Waals surface area (Å²) in [5.41, 5.74) is 3.12. The average molecular weight is 322 g/mol. The fraction of sp³-hybridized carbons (Fsp3) is 0.381. The number of carbonyl (C=O) groups is 1. The maximum absolute atomic E-state index is 12.2. The Labute approximate surface area is 144 Å². The van der Waals surface area contributed by atoms with Gasteiger partial charge in [-0.1, -0.05) is 49.4 Å². The van der Waals surface area contributed by atoms with Crippen molar-refractivity contribution < 1.29 is 4.79 Å². The van der Waals surface area contributed by atoms with Gasteiger partial charge in [0, 0.05) is 18.7 Å². The normalized spacial score (nSPS) is 16.0. The first-order chi connectivity index (χ1) is 11.7. The van der Waals surface area contributed by atoms with Crippen molar-refractivity contribution in [2.75, 3.05) is 13.1 Å². The van der Waals surface area contributed by atoms with Crippen molar-refractivity contribution in [3.63, 3.8) is 0 Å². The molecule has 0 atom stereocenters. The summed E-state index contributed by atoms with van der Waals surface area (Å²) in [7, 11) is 0. The minimum Gasteiger partial charge on any atom is -0.348 e. The van der Waals surface area contributed by atoms with E-state index in [9.17, 15) is 4.79 Å². The molecule has 1 aliphatic rings. The number of piperidine rings is 1. The van der Waals surface area contributed by atoms with Gasteiger partial charge in [-0.2, -0.15) is 0 Å². The molecule has 3 nitrogen and oxygen atoms in total. The molecule has 24 heavy (non-hydrogen) atoms. The van der Waals surface area contributed by atoms with Crippen molar-refractivity contribution in [1.82, 2.24) is 10.2 Å². The summed E-state index contributed by atoms with van der Waals surface area (Å²) in [6, 6.07) is 18.0. The molecule has 1 amide bonds. The van der Waals surface area contributed by atoms with Crippen molar-refractivity contribution in [3.8, 4) is 0 Å². The molecule has 126 valence electrons. The van der Waals surface area contributed by atoms with E-state index >= 15 is 0 Å². The molecule has 0 saturated carbocycles. The number of amides is 1. The summed E-state index contributed by atoms with van der Waals surface area (Å²) >= 11 is 0. The van der Waals surface area contributed by atoms with Crippen LogP contribution in [0.1, 0.15) is 41.3 Å². The zero-order chi connectivity index (χ0) is 16.8. The molecular weight excluding hydrogens is 296 g/mol. The number of hydrogen-bond donors (Lipinski definition) is 1. The number of carbonyl (C=O) groups excluding carboxylic acids is 1. The van der Waals surface area contributed by atoms with Gasteiger partial charge in [-0.3, -0.25) is 9.69 Å². The topological polar surface area (TPSA) is 32.3 Å². The Balaban J connectivity index is 1.51. The van der Waals surface area contributed by atoms with Crippen LogP contribution in [0.5, 0.6) is 0 Å². The van der Waals surface area contributed by atoms with Crippen LogP contribution in [0.3, 0.4) is 0 Å². The van der Waals surface area contributed by atoms with Gasteiger partial charge in [0.25, 0.3) is 5.91 Å². The number of likely N-dealkylation sites (tertiary alicyclic amines) is 1. The molecule has 0 spiro atoms. The molecule has 0 bridgehead atoms. The van der Waals surface area contributed by atoms with Gasteiger partial charge in [-0.25, -0.2) is 0 Å². The van der Waals surface area contributed by atoms with Crippen LogP contribution in [0.2, 0.25) is 0 Å². The van der Waals surface area contributed by atoms with Crippen LogP contribution in [0, 0.1) is 5.92 Å². The fourth-order valence-corrected chi connectivity index (χ4v) is 3.12. The van der Waals surface area contributed by atoms with Crippen molar-refractivity contribution in [1.29, 1.82) is 0 Å². The Kier molecular flexibility index (Phi) is 5.65. The van der Waals surface area contributed by atoms with Crippen LogP contribution in [-0.4, -0.2) is 23.9 Å². The van der Waals surface area contributed by atoms with E-state index in [1.165, 1.54) is 31.5 Å². The second kappa shape index (κ2) is 8.11. The van der Waals surface area contributed by atoms with Crippen molar-refractivity contribution >= 4 is 5.91 Å². The number of hydrogen-bond acceptors (Lipinski definition) is 2. The van der Waals surface area contributed by atoms with Crippen molar-refractivity contribution in [2.45, 2.75) is 32.9 Å². The third-order valence-corrected chi connectivity index (χ3v) is 4.79. The Morgan fingerprint density at radius 2 is 1.67 bits per heavy atom. The van der Waals surface area contributed by atoms with Gasteiger partial charge in [0.1, 0.15) is 0 Å². The molecular formula is C21H26N2O. The van der Waals surface area contributed by atoms with E-state index in [0.717, 1.165) is 23.6 Å². The summed E-state index contributed by atoms with van der Waals surface area (Å²) in [5, 5.41) is 2.97. The van der Waals surface area contributed by atoms with Crippen LogP contribution < -0.4 is 5.32 Å². The van der Waals surface area contributed by atoms with Gasteiger partial charge >= 0.3 is 0 Å². The van der Waals surface area contributed by atoms with Crippen LogP contribution >= 0.6 is 0 Å². The van der Waals surface area contributed by atoms with Gasteiger partial charge in [0.2, 0.25) is 0 Å². The van der Waals surface area contributed by atoms with E-state index in [0.29, 0.717) is 6.54 Å². The molecule has 0 aliphatic carbocycles. The molecule has 0 aromatic heterocycles. The molecule has 1 fully saturated rings. The Morgan fingerprint density at radius 3 is 2.33 bits per heavy atom. The monoisotopic (exact) mass is 322 g/mol. The molecule has 1 heterocycles. The minimum absolute atomic E-state index is 0.0165. The standard InChI is InChI=1S/C21H26N2O/c1-17-11-13-23(14-12-17)16-19-7-9-20(10-8-19)21(24)22-15-18-5-3-2-4-6-18/h2-10,17H,11-16H2,1H3,(H,22,24). The van der Waals surface area contributed by atoms with E-state index in [2.05, 4.69) is 29.3 Å². The smallest absolute Gasteiger partial charge is 0.251 e. The Bertz CT molecular complexity index is 643. The molecule has 1 N–H and O–H groups in total. The van der Waals surface area contributed by atoms with Crippen molar-refractivity contribution in [2.24, 2.45) is 5.92 Å². The van der Waals surface area contributed by atoms with E-state index in [4.69, 9.17) is 0 Å². The Hall–Kier alpha value is -2.13. The first-order valence-electron chi connectivity index (χ1n) is 8.84. The van der Waals surface area contributed by atoms with E-state index in [-0.39, 0.29) is 5.91 Å². The SMILES string of the molecule is CC1CCN(Cc2ccc(C(=O)NCc3ccccc3)cc2)CC1. The number of nitrogens with zero attached hydrogens (tertiary/aromatic N) is 1. The van der Waals surface area contributed by atoms with Gasteiger partial charge in [0.15, 0.2) is 0 Å². The Morgan fingerprint density at radius 1 is 1.00 bits per heavy atom. The summed E-state index contributed by atoms with van der Waals surface area (Å²) < 4.78 is 0. The maximum atomic E-state index is 12.2. The zero-order valence-electron chi connectivity index (χ0n) is 14.4. The van der Waals surface area contributed by atoms with Gasteiger partial charge < -0.3 is 5.32 Å². The lowest BCUT2D eigenvalue weighted by Crippen LogP contribution is -2.32. The average Bonchev–Trinajstić information content (AvgIpc) is 2.63. The molecule has 3 heteroatoms. The molecule has 2 aromatic carbocycles. The predicted molar refractivity (Wildman–Crippen MR) is 97.7 cm³/mol. The van der Waals surface area contributed by atoms with E-state index in [1.54, 1.807) is 0 Å². The van der Waals surface area contributed by atoms with Crippen LogP contribution in [0.15, 0.2) is 54.6 Å². The molecule has 3 rings (SSSR count). The first-order valence-corrected chi connectivity index (χ1v) is 8.84. The third kappa shape index (κ3) is 4.68. The number of benzene rings is 2. The van der Waals surface area contributed by atoms with Crippen molar-refractivity contribution in [3.05, 3.63) is 71.3 Å². The number of rotatable bonds is 5. The lowest BCUT2D eigenvalue weighted by molar-refractivity contribution is 0.0951. The lowest BCUT2D eigenvalue weighted by Gasteiger charge is -2.30. The van der Waals surface area contributed by atoms with E-state index in [1.807, 2.05) is 42.5 Å².